The molecular formula is C10H19N3O3S. The third-order valence-corrected chi connectivity index (χ3v) is 4.19. The largest absolute Gasteiger partial charge is 0.391 e. The number of aliphatic hydroxyl groups excluding tert-OH is 1. The van der Waals surface area contributed by atoms with Gasteiger partial charge in [0.1, 0.15) is 0 Å². The van der Waals surface area contributed by atoms with Crippen LogP contribution in [0.25, 0.3) is 0 Å². The lowest BCUT2D eigenvalue weighted by Crippen LogP contribution is -2.36. The van der Waals surface area contributed by atoms with Crippen molar-refractivity contribution in [2.45, 2.75) is 37.8 Å². The van der Waals surface area contributed by atoms with E-state index in [2.05, 4.69) is 14.9 Å². The van der Waals surface area contributed by atoms with Crippen molar-refractivity contribution in [2.75, 3.05) is 6.54 Å². The van der Waals surface area contributed by atoms with Crippen LogP contribution in [0.4, 0.5) is 0 Å². The smallest absolute Gasteiger partial charge is 0.257 e. The number of H-pyrrole nitrogens is 1. The Morgan fingerprint density at radius 3 is 2.59 bits per heavy atom. The molecule has 1 heterocycles. The third kappa shape index (κ3) is 3.79. The fourth-order valence-electron chi connectivity index (χ4n) is 1.67. The highest BCUT2D eigenvalue weighted by molar-refractivity contribution is 7.89. The minimum atomic E-state index is -3.59. The van der Waals surface area contributed by atoms with E-state index in [0.717, 1.165) is 12.8 Å². The maximum Gasteiger partial charge on any atom is 0.257 e. The highest BCUT2D eigenvalue weighted by Gasteiger charge is 2.20. The Hall–Kier alpha value is -0.920. The standard InChI is InChI=1S/C10H19N3O3S/c1-3-8(4-2)9(14)7-12-17(15,16)10-5-6-11-13-10/h5-6,8-9,12,14H,3-4,7H2,1-2H3,(H,11,13). The Bertz CT molecular complexity index is 412. The molecule has 1 atom stereocenters. The summed E-state index contributed by atoms with van der Waals surface area (Å²) in [6, 6.07) is 1.37. The first kappa shape index (κ1) is 14.1. The van der Waals surface area contributed by atoms with Crippen molar-refractivity contribution < 1.29 is 13.5 Å². The molecule has 0 fully saturated rings. The van der Waals surface area contributed by atoms with E-state index >= 15 is 0 Å². The number of hydrogen-bond donors (Lipinski definition) is 3. The molecule has 0 saturated heterocycles. The molecule has 17 heavy (non-hydrogen) atoms. The van der Waals surface area contributed by atoms with E-state index in [1.807, 2.05) is 13.8 Å². The lowest BCUT2D eigenvalue weighted by Gasteiger charge is -2.19. The van der Waals surface area contributed by atoms with Gasteiger partial charge in [-0.2, -0.15) is 5.10 Å². The average Bonchev–Trinajstić information content (AvgIpc) is 2.82. The van der Waals surface area contributed by atoms with Gasteiger partial charge < -0.3 is 5.11 Å². The Morgan fingerprint density at radius 2 is 2.12 bits per heavy atom. The van der Waals surface area contributed by atoms with E-state index < -0.39 is 16.1 Å². The van der Waals surface area contributed by atoms with Gasteiger partial charge in [-0.05, 0) is 12.0 Å². The molecule has 0 radical (unpaired) electrons. The van der Waals surface area contributed by atoms with Crippen LogP contribution in [0.5, 0.6) is 0 Å². The highest BCUT2D eigenvalue weighted by atomic mass is 32.2. The number of hydrogen-bond acceptors (Lipinski definition) is 4. The van der Waals surface area contributed by atoms with E-state index in [0.29, 0.717) is 0 Å². The fourth-order valence-corrected chi connectivity index (χ4v) is 2.62. The monoisotopic (exact) mass is 261 g/mol. The number of sulfonamides is 1. The first-order valence-corrected chi connectivity index (χ1v) is 7.16. The van der Waals surface area contributed by atoms with Gasteiger partial charge in [-0.25, -0.2) is 13.1 Å². The predicted molar refractivity (Wildman–Crippen MR) is 63.9 cm³/mol. The van der Waals surface area contributed by atoms with Crippen LogP contribution >= 0.6 is 0 Å². The fraction of sp³-hybridized carbons (Fsp3) is 0.700. The van der Waals surface area contributed by atoms with Crippen molar-refractivity contribution in [2.24, 2.45) is 5.92 Å². The zero-order chi connectivity index (χ0) is 12.9. The maximum absolute atomic E-state index is 11.7. The Balaban J connectivity index is 2.56. The summed E-state index contributed by atoms with van der Waals surface area (Å²) >= 11 is 0. The molecule has 0 bridgehead atoms. The maximum atomic E-state index is 11.7. The second kappa shape index (κ2) is 6.13. The lowest BCUT2D eigenvalue weighted by molar-refractivity contribution is 0.107. The zero-order valence-corrected chi connectivity index (χ0v) is 10.9. The van der Waals surface area contributed by atoms with Crippen molar-refractivity contribution in [1.29, 1.82) is 0 Å². The van der Waals surface area contributed by atoms with Gasteiger partial charge in [0.05, 0.1) is 12.3 Å². The molecule has 3 N–H and O–H groups in total. The molecule has 0 aliphatic heterocycles. The SMILES string of the molecule is CCC(CC)C(O)CNS(=O)(=O)c1ccn[nH]1. The summed E-state index contributed by atoms with van der Waals surface area (Å²) in [6.45, 7) is 3.97. The Morgan fingerprint density at radius 1 is 1.47 bits per heavy atom. The molecule has 1 rings (SSSR count). The molecular weight excluding hydrogens is 242 g/mol. The summed E-state index contributed by atoms with van der Waals surface area (Å²) in [6.07, 6.45) is 2.35. The number of aliphatic hydroxyl groups is 1. The average molecular weight is 261 g/mol. The molecule has 7 heteroatoms. The molecule has 0 aliphatic rings. The van der Waals surface area contributed by atoms with Crippen LogP contribution in [-0.4, -0.2) is 36.4 Å². The van der Waals surface area contributed by atoms with E-state index in [-0.39, 0.29) is 17.5 Å². The van der Waals surface area contributed by atoms with Crippen molar-refractivity contribution in [3.05, 3.63) is 12.3 Å². The van der Waals surface area contributed by atoms with Crippen LogP contribution in [0.3, 0.4) is 0 Å². The topological polar surface area (TPSA) is 95.1 Å². The van der Waals surface area contributed by atoms with Crippen LogP contribution in [0, 0.1) is 5.92 Å². The molecule has 1 aromatic heterocycles. The zero-order valence-electron chi connectivity index (χ0n) is 10.0. The summed E-state index contributed by atoms with van der Waals surface area (Å²) in [5.74, 6) is 0.111. The first-order valence-electron chi connectivity index (χ1n) is 5.68. The van der Waals surface area contributed by atoms with Crippen molar-refractivity contribution in [3.63, 3.8) is 0 Å². The van der Waals surface area contributed by atoms with E-state index in [9.17, 15) is 13.5 Å². The van der Waals surface area contributed by atoms with Gasteiger partial charge in [-0.15, -0.1) is 0 Å². The number of nitrogens with zero attached hydrogens (tertiary/aromatic N) is 1. The first-order chi connectivity index (χ1) is 8.01. The number of rotatable bonds is 7. The molecule has 0 aliphatic carbocycles. The summed E-state index contributed by atoms with van der Waals surface area (Å²) < 4.78 is 25.8. The van der Waals surface area contributed by atoms with Gasteiger partial charge >= 0.3 is 0 Å². The predicted octanol–water partition coefficient (Wildman–Crippen LogP) is 0.485. The minimum Gasteiger partial charge on any atom is -0.391 e. The molecule has 1 aromatic rings. The molecule has 6 nitrogen and oxygen atoms in total. The van der Waals surface area contributed by atoms with Crippen molar-refractivity contribution >= 4 is 10.0 Å². The van der Waals surface area contributed by atoms with Gasteiger partial charge in [0, 0.05) is 6.54 Å². The molecule has 0 amide bonds. The van der Waals surface area contributed by atoms with Gasteiger partial charge in [0.15, 0.2) is 5.03 Å². The molecule has 0 aromatic carbocycles. The van der Waals surface area contributed by atoms with Gasteiger partial charge in [-0.1, -0.05) is 26.7 Å². The second-order valence-electron chi connectivity index (χ2n) is 3.92. The Labute approximate surface area is 101 Å². The second-order valence-corrected chi connectivity index (χ2v) is 5.65. The normalized spacial score (nSPS) is 14.1. The summed E-state index contributed by atoms with van der Waals surface area (Å²) in [5, 5.41) is 15.8. The lowest BCUT2D eigenvalue weighted by atomic mass is 9.97. The van der Waals surface area contributed by atoms with E-state index in [4.69, 9.17) is 0 Å². The number of nitrogens with one attached hydrogen (secondary N) is 2. The van der Waals surface area contributed by atoms with E-state index in [1.165, 1.54) is 12.3 Å². The Kier molecular flexibility index (Phi) is 5.10. The summed E-state index contributed by atoms with van der Waals surface area (Å²) in [4.78, 5) is 0. The number of aromatic nitrogens is 2. The molecule has 0 saturated carbocycles. The third-order valence-electron chi connectivity index (χ3n) is 2.84. The van der Waals surface area contributed by atoms with Crippen LogP contribution in [0.1, 0.15) is 26.7 Å². The van der Waals surface area contributed by atoms with Crippen molar-refractivity contribution in [1.82, 2.24) is 14.9 Å². The molecule has 98 valence electrons. The van der Waals surface area contributed by atoms with Crippen LogP contribution < -0.4 is 4.72 Å². The molecule has 0 spiro atoms. The van der Waals surface area contributed by atoms with Crippen molar-refractivity contribution in [3.8, 4) is 0 Å². The highest BCUT2D eigenvalue weighted by Crippen LogP contribution is 2.13. The van der Waals surface area contributed by atoms with Crippen LogP contribution in [0.2, 0.25) is 0 Å². The van der Waals surface area contributed by atoms with Gasteiger partial charge in [0.25, 0.3) is 10.0 Å². The van der Waals surface area contributed by atoms with Gasteiger partial charge in [-0.3, -0.25) is 5.10 Å². The van der Waals surface area contributed by atoms with Gasteiger partial charge in [0.2, 0.25) is 0 Å². The molecule has 1 unspecified atom stereocenters. The van der Waals surface area contributed by atoms with E-state index in [1.54, 1.807) is 0 Å². The number of aromatic amines is 1. The quantitative estimate of drug-likeness (QED) is 0.665. The van der Waals surface area contributed by atoms with Crippen LogP contribution in [-0.2, 0) is 10.0 Å². The minimum absolute atomic E-state index is 0.00856. The van der Waals surface area contributed by atoms with Crippen LogP contribution in [0.15, 0.2) is 17.3 Å². The summed E-state index contributed by atoms with van der Waals surface area (Å²) in [7, 11) is -3.59. The summed E-state index contributed by atoms with van der Waals surface area (Å²) in [5.41, 5.74) is 0.